The highest BCUT2D eigenvalue weighted by molar-refractivity contribution is 7.94. The molecule has 2 heterocycles. The van der Waals surface area contributed by atoms with Crippen LogP contribution in [0.25, 0.3) is 10.4 Å². The lowest BCUT2D eigenvalue weighted by atomic mass is 10.0. The molecule has 4 aromatic rings. The zero-order chi connectivity index (χ0) is 23.0. The zero-order valence-electron chi connectivity index (χ0n) is 16.9. The van der Waals surface area contributed by atoms with Crippen molar-refractivity contribution >= 4 is 50.8 Å². The first-order valence-electron chi connectivity index (χ1n) is 9.89. The van der Waals surface area contributed by atoms with Gasteiger partial charge in [-0.3, -0.25) is 14.5 Å². The third-order valence-electron chi connectivity index (χ3n) is 5.06. The number of fused-ring (bicyclic) bond motifs is 1. The Morgan fingerprint density at radius 1 is 0.879 bits per heavy atom. The Morgan fingerprint density at radius 3 is 2.18 bits per heavy atom. The summed E-state index contributed by atoms with van der Waals surface area (Å²) in [7, 11) is -4.02. The third kappa shape index (κ3) is 4.45. The van der Waals surface area contributed by atoms with Gasteiger partial charge in [0.25, 0.3) is 0 Å². The Balaban J connectivity index is 1.53. The number of halogens is 2. The van der Waals surface area contributed by atoms with Crippen molar-refractivity contribution in [1.82, 2.24) is 14.8 Å². The summed E-state index contributed by atoms with van der Waals surface area (Å²) >= 11 is 11.9. The highest BCUT2D eigenvalue weighted by atomic mass is 35.5. The average molecular weight is 497 g/mol. The van der Waals surface area contributed by atoms with E-state index >= 15 is 0 Å². The Kier molecular flexibility index (Phi) is 5.57. The smallest absolute Gasteiger partial charge is 0.229 e. The van der Waals surface area contributed by atoms with Crippen LogP contribution in [0, 0.1) is 0 Å². The highest BCUT2D eigenvalue weighted by Gasteiger charge is 2.22. The summed E-state index contributed by atoms with van der Waals surface area (Å²) < 4.78 is 30.9. The second-order valence-electron chi connectivity index (χ2n) is 7.27. The molecule has 1 aromatic heterocycles. The monoisotopic (exact) mass is 496 g/mol. The van der Waals surface area contributed by atoms with Crippen LogP contribution in [0.15, 0.2) is 89.8 Å². The maximum Gasteiger partial charge on any atom is 0.229 e. The second kappa shape index (κ2) is 8.55. The topological polar surface area (TPSA) is 91.0 Å². The van der Waals surface area contributed by atoms with E-state index in [1.165, 1.54) is 24.3 Å². The number of benzene rings is 3. The quantitative estimate of drug-likeness (QED) is 0.363. The Bertz CT molecular complexity index is 1430. The SMILES string of the molecule is O=S(=O)([N-]c1nc2n(n1)[C@H](c1ccc(Cl)cc1)C=C(c1ccccc1)N2)c1ccc(Cl)cc1. The summed E-state index contributed by atoms with van der Waals surface area (Å²) in [5.41, 5.74) is 2.69. The van der Waals surface area contributed by atoms with Crippen LogP contribution in [-0.4, -0.2) is 23.2 Å². The standard InChI is InChI=1S/C23H16Cl2N5O2S/c24-17-8-6-16(7-9-17)21-14-20(15-4-2-1-3-5-15)26-23-27-22(28-30(21)23)29-33(31,32)19-12-10-18(25)11-13-19/h1-14,21H,(H-,26,27,28,29)/q-1/t21-/m0/s1. The van der Waals surface area contributed by atoms with E-state index < -0.39 is 10.0 Å². The lowest BCUT2D eigenvalue weighted by Crippen LogP contribution is -2.20. The van der Waals surface area contributed by atoms with Gasteiger partial charge in [0, 0.05) is 15.7 Å². The van der Waals surface area contributed by atoms with Crippen molar-refractivity contribution in [3.05, 3.63) is 111 Å². The van der Waals surface area contributed by atoms with Crippen molar-refractivity contribution in [3.8, 4) is 0 Å². The van der Waals surface area contributed by atoms with Crippen molar-refractivity contribution < 1.29 is 8.42 Å². The van der Waals surface area contributed by atoms with Crippen molar-refractivity contribution in [2.75, 3.05) is 5.32 Å². The number of nitrogens with one attached hydrogen (secondary N) is 1. The maximum atomic E-state index is 12.8. The molecule has 1 atom stereocenters. The van der Waals surface area contributed by atoms with E-state index in [1.54, 1.807) is 16.8 Å². The molecule has 33 heavy (non-hydrogen) atoms. The minimum Gasteiger partial charge on any atom is -0.338 e. The van der Waals surface area contributed by atoms with Crippen molar-refractivity contribution in [3.63, 3.8) is 0 Å². The molecule has 1 N–H and O–H groups in total. The summed E-state index contributed by atoms with van der Waals surface area (Å²) in [5, 5.41) is 8.65. The normalized spacial score (nSPS) is 15.3. The molecule has 0 radical (unpaired) electrons. The number of allylic oxidation sites excluding steroid dienone is 1. The fourth-order valence-corrected chi connectivity index (χ4v) is 4.60. The Morgan fingerprint density at radius 2 is 1.52 bits per heavy atom. The molecule has 1 aliphatic heterocycles. The van der Waals surface area contributed by atoms with Crippen LogP contribution in [0.2, 0.25) is 10.0 Å². The van der Waals surface area contributed by atoms with E-state index in [0.29, 0.717) is 16.0 Å². The van der Waals surface area contributed by atoms with Gasteiger partial charge in [-0.15, -0.1) is 0 Å². The van der Waals surface area contributed by atoms with Gasteiger partial charge in [0.2, 0.25) is 10.0 Å². The molecule has 1 aliphatic rings. The molecule has 7 nitrogen and oxygen atoms in total. The fourth-order valence-electron chi connectivity index (χ4n) is 3.47. The minimum absolute atomic E-state index is 0.00461. The number of hydrogen-bond donors (Lipinski definition) is 1. The van der Waals surface area contributed by atoms with E-state index in [0.717, 1.165) is 16.8 Å². The summed E-state index contributed by atoms with van der Waals surface area (Å²) in [6, 6.07) is 22.5. The number of rotatable bonds is 5. The van der Waals surface area contributed by atoms with Gasteiger partial charge in [-0.2, -0.15) is 0 Å². The first kappa shape index (κ1) is 21.5. The number of hydrogen-bond acceptors (Lipinski definition) is 5. The minimum atomic E-state index is -4.02. The average Bonchev–Trinajstić information content (AvgIpc) is 3.21. The number of anilines is 1. The van der Waals surface area contributed by atoms with Gasteiger partial charge in [0.05, 0.1) is 16.9 Å². The van der Waals surface area contributed by atoms with E-state index in [1.807, 2.05) is 48.5 Å². The van der Waals surface area contributed by atoms with Crippen LogP contribution in [0.3, 0.4) is 0 Å². The molecular formula is C23H16Cl2N5O2S-. The fraction of sp³-hybridized carbons (Fsp3) is 0.0435. The van der Waals surface area contributed by atoms with E-state index in [9.17, 15) is 8.42 Å². The molecule has 10 heteroatoms. The Hall–Kier alpha value is -3.33. The first-order valence-corrected chi connectivity index (χ1v) is 12.1. The molecule has 166 valence electrons. The second-order valence-corrected chi connectivity index (χ2v) is 9.74. The summed E-state index contributed by atoms with van der Waals surface area (Å²) in [5.74, 6) is 0.204. The molecule has 3 aromatic carbocycles. The summed E-state index contributed by atoms with van der Waals surface area (Å²) in [6.07, 6.45) is 2.00. The first-order chi connectivity index (χ1) is 15.9. The molecule has 0 aliphatic carbocycles. The number of sulfonamides is 1. The largest absolute Gasteiger partial charge is 0.338 e. The van der Waals surface area contributed by atoms with Crippen LogP contribution in [0.1, 0.15) is 17.2 Å². The van der Waals surface area contributed by atoms with Crippen molar-refractivity contribution in [1.29, 1.82) is 0 Å². The molecule has 0 spiro atoms. The van der Waals surface area contributed by atoms with Crippen LogP contribution >= 0.6 is 23.2 Å². The molecule has 0 fully saturated rings. The van der Waals surface area contributed by atoms with Crippen molar-refractivity contribution in [2.45, 2.75) is 10.9 Å². The van der Waals surface area contributed by atoms with Crippen LogP contribution in [0.5, 0.6) is 0 Å². The highest BCUT2D eigenvalue weighted by Crippen LogP contribution is 2.36. The molecule has 0 bridgehead atoms. The van der Waals surface area contributed by atoms with E-state index in [2.05, 4.69) is 20.1 Å². The van der Waals surface area contributed by atoms with E-state index in [-0.39, 0.29) is 16.9 Å². The van der Waals surface area contributed by atoms with Gasteiger partial charge < -0.3 is 10.3 Å². The van der Waals surface area contributed by atoms with Gasteiger partial charge in [-0.1, -0.05) is 65.7 Å². The van der Waals surface area contributed by atoms with Gasteiger partial charge >= 0.3 is 0 Å². The van der Waals surface area contributed by atoms with Crippen LogP contribution < -0.4 is 5.32 Å². The molecule has 5 rings (SSSR count). The number of aromatic nitrogens is 3. The van der Waals surface area contributed by atoms with Crippen LogP contribution in [-0.2, 0) is 10.0 Å². The van der Waals surface area contributed by atoms with Crippen LogP contribution in [0.4, 0.5) is 11.9 Å². The van der Waals surface area contributed by atoms with E-state index in [4.69, 9.17) is 23.2 Å². The molecule has 0 saturated heterocycles. The molecule has 0 unspecified atom stereocenters. The lowest BCUT2D eigenvalue weighted by molar-refractivity contribution is 0.601. The van der Waals surface area contributed by atoms with Gasteiger partial charge in [-0.25, -0.2) is 8.42 Å². The molecule has 0 amide bonds. The van der Waals surface area contributed by atoms with Gasteiger partial charge in [0.1, 0.15) is 5.95 Å². The zero-order valence-corrected chi connectivity index (χ0v) is 19.3. The maximum absolute atomic E-state index is 12.8. The molecule has 0 saturated carbocycles. The summed E-state index contributed by atoms with van der Waals surface area (Å²) in [6.45, 7) is 0. The van der Waals surface area contributed by atoms with Gasteiger partial charge in [0.15, 0.2) is 0 Å². The molecular weight excluding hydrogens is 481 g/mol. The summed E-state index contributed by atoms with van der Waals surface area (Å²) in [4.78, 5) is 4.35. The van der Waals surface area contributed by atoms with Gasteiger partial charge in [-0.05, 0) is 53.6 Å². The predicted octanol–water partition coefficient (Wildman–Crippen LogP) is 6.04. The predicted molar refractivity (Wildman–Crippen MR) is 129 cm³/mol. The Labute approximate surface area is 200 Å². The third-order valence-corrected chi connectivity index (χ3v) is 6.84. The number of nitrogens with zero attached hydrogens (tertiary/aromatic N) is 4. The van der Waals surface area contributed by atoms with Crippen molar-refractivity contribution in [2.24, 2.45) is 0 Å². The lowest BCUT2D eigenvalue weighted by Gasteiger charge is -2.27.